The summed E-state index contributed by atoms with van der Waals surface area (Å²) in [5.41, 5.74) is 2.14. The van der Waals surface area contributed by atoms with E-state index in [0.717, 1.165) is 22.6 Å². The molecular formula is C20H18O4. The van der Waals surface area contributed by atoms with Gasteiger partial charge in [0.25, 0.3) is 0 Å². The first-order valence-electron chi connectivity index (χ1n) is 7.62. The van der Waals surface area contributed by atoms with Gasteiger partial charge < -0.3 is 13.9 Å². The second-order valence-electron chi connectivity index (χ2n) is 5.42. The average molecular weight is 322 g/mol. The quantitative estimate of drug-likeness (QED) is 0.624. The molecule has 0 saturated heterocycles. The summed E-state index contributed by atoms with van der Waals surface area (Å²) >= 11 is 0. The molecule has 0 amide bonds. The fourth-order valence-corrected chi connectivity index (χ4v) is 2.63. The molecule has 0 saturated carbocycles. The maximum atomic E-state index is 11.9. The smallest absolute Gasteiger partial charge is 0.341 e. The molecule has 4 heteroatoms. The van der Waals surface area contributed by atoms with Crippen LogP contribution in [-0.4, -0.2) is 13.1 Å². The molecular weight excluding hydrogens is 304 g/mol. The van der Waals surface area contributed by atoms with Gasteiger partial charge in [0.1, 0.15) is 28.6 Å². The van der Waals surface area contributed by atoms with Crippen LogP contribution in [0.15, 0.2) is 59.0 Å². The highest BCUT2D eigenvalue weighted by Gasteiger charge is 2.21. The lowest BCUT2D eigenvalue weighted by Crippen LogP contribution is -2.03. The van der Waals surface area contributed by atoms with Gasteiger partial charge in [0, 0.05) is 11.1 Å². The molecule has 0 spiro atoms. The number of para-hydroxylation sites is 1. The van der Waals surface area contributed by atoms with Gasteiger partial charge in [0.15, 0.2) is 0 Å². The second kappa shape index (κ2) is 6.62. The zero-order chi connectivity index (χ0) is 17.1. The summed E-state index contributed by atoms with van der Waals surface area (Å²) in [6, 6.07) is 17.1. The number of methoxy groups -OCH3 is 1. The van der Waals surface area contributed by atoms with Crippen molar-refractivity contribution in [3.05, 3.63) is 71.5 Å². The minimum atomic E-state index is -0.385. The van der Waals surface area contributed by atoms with Gasteiger partial charge in [-0.25, -0.2) is 4.79 Å². The molecule has 1 aromatic heterocycles. The first-order valence-corrected chi connectivity index (χ1v) is 7.62. The van der Waals surface area contributed by atoms with Crippen molar-refractivity contribution in [1.29, 1.82) is 0 Å². The average Bonchev–Trinajstić information content (AvgIpc) is 2.90. The van der Waals surface area contributed by atoms with E-state index >= 15 is 0 Å². The summed E-state index contributed by atoms with van der Waals surface area (Å²) in [5.74, 6) is 2.35. The van der Waals surface area contributed by atoms with E-state index in [4.69, 9.17) is 13.9 Å². The highest BCUT2D eigenvalue weighted by atomic mass is 16.5. The standard InChI is InChI=1S/C20H18O4/c1-13-18(20(21)22-3)14(2)23-19(13)15-9-11-17(12-10-15)24-16-7-5-4-6-8-16/h4-12H,1-3H3. The summed E-state index contributed by atoms with van der Waals surface area (Å²) in [6.07, 6.45) is 0. The van der Waals surface area contributed by atoms with Gasteiger partial charge in [-0.3, -0.25) is 0 Å². The van der Waals surface area contributed by atoms with Crippen molar-refractivity contribution in [2.75, 3.05) is 7.11 Å². The highest BCUT2D eigenvalue weighted by molar-refractivity contribution is 5.94. The Morgan fingerprint density at radius 1 is 0.917 bits per heavy atom. The number of rotatable bonds is 4. The monoisotopic (exact) mass is 322 g/mol. The Hall–Kier alpha value is -3.01. The summed E-state index contributed by atoms with van der Waals surface area (Å²) in [5, 5.41) is 0. The van der Waals surface area contributed by atoms with Crippen molar-refractivity contribution in [3.63, 3.8) is 0 Å². The lowest BCUT2D eigenvalue weighted by atomic mass is 10.1. The predicted octanol–water partition coefficient (Wildman–Crippen LogP) is 5.14. The topological polar surface area (TPSA) is 48.7 Å². The van der Waals surface area contributed by atoms with Gasteiger partial charge in [-0.2, -0.15) is 0 Å². The number of hydrogen-bond acceptors (Lipinski definition) is 4. The van der Waals surface area contributed by atoms with Gasteiger partial charge in [-0.15, -0.1) is 0 Å². The molecule has 0 unspecified atom stereocenters. The molecule has 0 atom stereocenters. The summed E-state index contributed by atoms with van der Waals surface area (Å²) < 4.78 is 16.4. The molecule has 0 fully saturated rings. The van der Waals surface area contributed by atoms with Crippen LogP contribution in [0.4, 0.5) is 0 Å². The molecule has 24 heavy (non-hydrogen) atoms. The third-order valence-electron chi connectivity index (χ3n) is 3.81. The maximum absolute atomic E-state index is 11.9. The predicted molar refractivity (Wildman–Crippen MR) is 91.5 cm³/mol. The Morgan fingerprint density at radius 3 is 2.17 bits per heavy atom. The Bertz CT molecular complexity index is 845. The van der Waals surface area contributed by atoms with Crippen LogP contribution in [0.5, 0.6) is 11.5 Å². The molecule has 3 rings (SSSR count). The minimum absolute atomic E-state index is 0.385. The summed E-state index contributed by atoms with van der Waals surface area (Å²) in [6.45, 7) is 3.61. The Kier molecular flexibility index (Phi) is 4.38. The molecule has 0 aliphatic carbocycles. The number of aryl methyl sites for hydroxylation is 1. The van der Waals surface area contributed by atoms with Crippen molar-refractivity contribution in [2.24, 2.45) is 0 Å². The fourth-order valence-electron chi connectivity index (χ4n) is 2.63. The largest absolute Gasteiger partial charge is 0.465 e. The minimum Gasteiger partial charge on any atom is -0.465 e. The van der Waals surface area contributed by atoms with E-state index in [1.165, 1.54) is 7.11 Å². The van der Waals surface area contributed by atoms with Crippen LogP contribution in [-0.2, 0) is 4.74 Å². The van der Waals surface area contributed by atoms with Crippen molar-refractivity contribution >= 4 is 5.97 Å². The van der Waals surface area contributed by atoms with E-state index in [2.05, 4.69) is 0 Å². The van der Waals surface area contributed by atoms with Crippen molar-refractivity contribution in [3.8, 4) is 22.8 Å². The second-order valence-corrected chi connectivity index (χ2v) is 5.42. The Balaban J connectivity index is 1.88. The van der Waals surface area contributed by atoms with Gasteiger partial charge in [0.2, 0.25) is 0 Å². The summed E-state index contributed by atoms with van der Waals surface area (Å²) in [4.78, 5) is 11.9. The first kappa shape index (κ1) is 15.9. The molecule has 0 bridgehead atoms. The van der Waals surface area contributed by atoms with Crippen molar-refractivity contribution in [2.45, 2.75) is 13.8 Å². The Labute approximate surface area is 140 Å². The molecule has 3 aromatic rings. The SMILES string of the molecule is COC(=O)c1c(C)oc(-c2ccc(Oc3ccccc3)cc2)c1C. The van der Waals surface area contributed by atoms with Crippen LogP contribution >= 0.6 is 0 Å². The zero-order valence-electron chi connectivity index (χ0n) is 13.8. The molecule has 0 N–H and O–H groups in total. The van der Waals surface area contributed by atoms with E-state index in [1.54, 1.807) is 6.92 Å². The van der Waals surface area contributed by atoms with Gasteiger partial charge in [-0.1, -0.05) is 18.2 Å². The fraction of sp³-hybridized carbons (Fsp3) is 0.150. The number of furan rings is 1. The third kappa shape index (κ3) is 3.04. The van der Waals surface area contributed by atoms with Crippen molar-refractivity contribution < 1.29 is 18.7 Å². The first-order chi connectivity index (χ1) is 11.6. The molecule has 4 nitrogen and oxygen atoms in total. The molecule has 0 aliphatic rings. The number of benzene rings is 2. The molecule has 1 heterocycles. The molecule has 122 valence electrons. The van der Waals surface area contributed by atoms with E-state index < -0.39 is 0 Å². The number of carbonyl (C=O) groups excluding carboxylic acids is 1. The van der Waals surface area contributed by atoms with E-state index in [1.807, 2.05) is 61.5 Å². The van der Waals surface area contributed by atoms with E-state index in [0.29, 0.717) is 17.1 Å². The van der Waals surface area contributed by atoms with Crippen LogP contribution in [0.2, 0.25) is 0 Å². The molecule has 2 aromatic carbocycles. The number of carbonyl (C=O) groups is 1. The third-order valence-corrected chi connectivity index (χ3v) is 3.81. The van der Waals surface area contributed by atoms with Crippen LogP contribution in [0.1, 0.15) is 21.7 Å². The van der Waals surface area contributed by atoms with Gasteiger partial charge in [0.05, 0.1) is 7.11 Å². The number of ether oxygens (including phenoxy) is 2. The zero-order valence-corrected chi connectivity index (χ0v) is 13.8. The normalized spacial score (nSPS) is 10.5. The van der Waals surface area contributed by atoms with Crippen LogP contribution < -0.4 is 4.74 Å². The molecule has 0 aliphatic heterocycles. The van der Waals surface area contributed by atoms with Crippen LogP contribution in [0, 0.1) is 13.8 Å². The maximum Gasteiger partial charge on any atom is 0.341 e. The van der Waals surface area contributed by atoms with E-state index in [-0.39, 0.29) is 5.97 Å². The highest BCUT2D eigenvalue weighted by Crippen LogP contribution is 2.32. The van der Waals surface area contributed by atoms with Gasteiger partial charge in [-0.05, 0) is 50.2 Å². The number of esters is 1. The number of hydrogen-bond donors (Lipinski definition) is 0. The van der Waals surface area contributed by atoms with Crippen molar-refractivity contribution in [1.82, 2.24) is 0 Å². The summed E-state index contributed by atoms with van der Waals surface area (Å²) in [7, 11) is 1.36. The van der Waals surface area contributed by atoms with Crippen LogP contribution in [0.3, 0.4) is 0 Å². The van der Waals surface area contributed by atoms with Crippen LogP contribution in [0.25, 0.3) is 11.3 Å². The lowest BCUT2D eigenvalue weighted by molar-refractivity contribution is 0.0598. The lowest BCUT2D eigenvalue weighted by Gasteiger charge is -2.06. The molecule has 0 radical (unpaired) electrons. The van der Waals surface area contributed by atoms with Gasteiger partial charge >= 0.3 is 5.97 Å². The Morgan fingerprint density at radius 2 is 1.54 bits per heavy atom. The van der Waals surface area contributed by atoms with E-state index in [9.17, 15) is 4.79 Å².